The zero-order valence-corrected chi connectivity index (χ0v) is 13.9. The number of benzene rings is 1. The van der Waals surface area contributed by atoms with Crippen LogP contribution in [0.15, 0.2) is 36.7 Å². The Kier molecular flexibility index (Phi) is 5.08. The van der Waals surface area contributed by atoms with Gasteiger partial charge in [0.1, 0.15) is 11.1 Å². The molecule has 1 unspecified atom stereocenters. The van der Waals surface area contributed by atoms with Crippen LogP contribution in [0.5, 0.6) is 6.01 Å². The third kappa shape index (κ3) is 4.03. The highest BCUT2D eigenvalue weighted by atomic mass is 35.5. The molecule has 0 saturated carbocycles. The number of piperidine rings is 1. The van der Waals surface area contributed by atoms with Crippen molar-refractivity contribution >= 4 is 23.2 Å². The minimum absolute atomic E-state index is 0.00244. The van der Waals surface area contributed by atoms with Gasteiger partial charge >= 0.3 is 6.01 Å². The molecule has 2 aromatic rings. The van der Waals surface area contributed by atoms with Crippen molar-refractivity contribution in [1.29, 1.82) is 0 Å². The molecule has 130 valence electrons. The predicted octanol–water partition coefficient (Wildman–Crippen LogP) is 2.72. The summed E-state index contributed by atoms with van der Waals surface area (Å²) in [7, 11) is 0. The van der Waals surface area contributed by atoms with Crippen LogP contribution in [0.3, 0.4) is 0 Å². The summed E-state index contributed by atoms with van der Waals surface area (Å²) in [6, 6.07) is 6.02. The van der Waals surface area contributed by atoms with Crippen molar-refractivity contribution in [2.24, 2.45) is 0 Å². The molecule has 1 aromatic carbocycles. The number of nitro groups is 1. The van der Waals surface area contributed by atoms with Crippen molar-refractivity contribution in [3.8, 4) is 6.01 Å². The van der Waals surface area contributed by atoms with Crippen LogP contribution >= 0.6 is 11.6 Å². The van der Waals surface area contributed by atoms with E-state index in [1.165, 1.54) is 18.2 Å². The first-order valence-electron chi connectivity index (χ1n) is 7.71. The number of amides is 1. The minimum Gasteiger partial charge on any atom is -0.458 e. The van der Waals surface area contributed by atoms with Gasteiger partial charge in [-0.05, 0) is 31.0 Å². The number of nitro benzene ring substituents is 1. The van der Waals surface area contributed by atoms with E-state index in [1.54, 1.807) is 23.4 Å². The van der Waals surface area contributed by atoms with Crippen LogP contribution in [0, 0.1) is 10.1 Å². The van der Waals surface area contributed by atoms with E-state index in [9.17, 15) is 14.9 Å². The lowest BCUT2D eigenvalue weighted by Crippen LogP contribution is -2.44. The normalized spacial score (nSPS) is 17.2. The summed E-state index contributed by atoms with van der Waals surface area (Å²) in [5, 5.41) is 11.0. The molecule has 0 spiro atoms. The molecule has 0 bridgehead atoms. The number of carbonyl (C=O) groups excluding carboxylic acids is 1. The van der Waals surface area contributed by atoms with Crippen molar-refractivity contribution in [3.63, 3.8) is 0 Å². The number of hydrogen-bond donors (Lipinski definition) is 0. The monoisotopic (exact) mass is 362 g/mol. The summed E-state index contributed by atoms with van der Waals surface area (Å²) in [5.74, 6) is -0.290. The fourth-order valence-electron chi connectivity index (χ4n) is 2.68. The molecule has 0 radical (unpaired) electrons. The number of likely N-dealkylation sites (tertiary alicyclic amines) is 1. The van der Waals surface area contributed by atoms with E-state index in [2.05, 4.69) is 9.97 Å². The van der Waals surface area contributed by atoms with Crippen LogP contribution in [0.1, 0.15) is 23.2 Å². The lowest BCUT2D eigenvalue weighted by atomic mass is 10.1. The Morgan fingerprint density at radius 3 is 2.84 bits per heavy atom. The molecular formula is C16H15ClN4O4. The molecule has 8 nitrogen and oxygen atoms in total. The first kappa shape index (κ1) is 17.1. The van der Waals surface area contributed by atoms with Crippen molar-refractivity contribution in [3.05, 3.63) is 57.4 Å². The van der Waals surface area contributed by atoms with Crippen LogP contribution in [0.2, 0.25) is 5.02 Å². The summed E-state index contributed by atoms with van der Waals surface area (Å²) >= 11 is 5.79. The maximum absolute atomic E-state index is 12.7. The topological polar surface area (TPSA) is 98.5 Å². The molecule has 1 aliphatic rings. The molecule has 1 aromatic heterocycles. The van der Waals surface area contributed by atoms with E-state index >= 15 is 0 Å². The summed E-state index contributed by atoms with van der Waals surface area (Å²) < 4.78 is 5.71. The Balaban J connectivity index is 1.72. The highest BCUT2D eigenvalue weighted by Gasteiger charge is 2.27. The first-order chi connectivity index (χ1) is 12.0. The zero-order valence-electron chi connectivity index (χ0n) is 13.2. The van der Waals surface area contributed by atoms with Gasteiger partial charge in [0, 0.05) is 30.6 Å². The van der Waals surface area contributed by atoms with Crippen molar-refractivity contribution in [1.82, 2.24) is 14.9 Å². The SMILES string of the molecule is O=C(c1ccc(Cl)c([N+](=O)[O-])c1)N1CCCC(Oc2ncccn2)C1. The van der Waals surface area contributed by atoms with Gasteiger partial charge in [-0.1, -0.05) is 11.6 Å². The summed E-state index contributed by atoms with van der Waals surface area (Å²) in [6.07, 6.45) is 4.49. The molecule has 1 aliphatic heterocycles. The number of halogens is 1. The third-order valence-corrected chi connectivity index (χ3v) is 4.19. The standard InChI is InChI=1S/C16H15ClN4O4/c17-13-5-4-11(9-14(13)21(23)24)15(22)20-8-1-3-12(10-20)25-16-18-6-2-7-19-16/h2,4-7,9,12H,1,3,8,10H2. The molecule has 2 heterocycles. The van der Waals surface area contributed by atoms with E-state index in [1.807, 2.05) is 0 Å². The molecule has 9 heteroatoms. The van der Waals surface area contributed by atoms with Gasteiger partial charge in [-0.25, -0.2) is 9.97 Å². The molecule has 0 aliphatic carbocycles. The number of aromatic nitrogens is 2. The number of nitrogens with zero attached hydrogens (tertiary/aromatic N) is 4. The van der Waals surface area contributed by atoms with Gasteiger partial charge in [0.05, 0.1) is 11.5 Å². The van der Waals surface area contributed by atoms with E-state index < -0.39 is 4.92 Å². The first-order valence-corrected chi connectivity index (χ1v) is 8.09. The number of hydrogen-bond acceptors (Lipinski definition) is 6. The van der Waals surface area contributed by atoms with Gasteiger partial charge < -0.3 is 9.64 Å². The van der Waals surface area contributed by atoms with Gasteiger partial charge in [0.25, 0.3) is 11.6 Å². The number of rotatable bonds is 4. The Morgan fingerprint density at radius 1 is 1.36 bits per heavy atom. The minimum atomic E-state index is -0.603. The maximum atomic E-state index is 12.7. The van der Waals surface area contributed by atoms with Crippen LogP contribution in [-0.2, 0) is 0 Å². The molecule has 25 heavy (non-hydrogen) atoms. The summed E-state index contributed by atoms with van der Waals surface area (Å²) in [6.45, 7) is 0.929. The Bertz CT molecular complexity index is 787. The summed E-state index contributed by atoms with van der Waals surface area (Å²) in [4.78, 5) is 32.7. The maximum Gasteiger partial charge on any atom is 0.316 e. The molecule has 3 rings (SSSR count). The van der Waals surface area contributed by atoms with Crippen molar-refractivity contribution in [2.45, 2.75) is 18.9 Å². The highest BCUT2D eigenvalue weighted by molar-refractivity contribution is 6.32. The third-order valence-electron chi connectivity index (χ3n) is 3.87. The average molecular weight is 363 g/mol. The number of ether oxygens (including phenoxy) is 1. The smallest absolute Gasteiger partial charge is 0.316 e. The molecule has 1 saturated heterocycles. The van der Waals surface area contributed by atoms with E-state index in [0.717, 1.165) is 12.8 Å². The summed E-state index contributed by atoms with van der Waals surface area (Å²) in [5.41, 5.74) is -0.0530. The molecule has 1 atom stereocenters. The second kappa shape index (κ2) is 7.43. The van der Waals surface area contributed by atoms with Gasteiger partial charge in [0.2, 0.25) is 0 Å². The Morgan fingerprint density at radius 2 is 2.12 bits per heavy atom. The predicted molar refractivity (Wildman–Crippen MR) is 89.7 cm³/mol. The average Bonchev–Trinajstić information content (AvgIpc) is 2.62. The van der Waals surface area contributed by atoms with Crippen LogP contribution in [0.25, 0.3) is 0 Å². The van der Waals surface area contributed by atoms with Gasteiger partial charge in [-0.3, -0.25) is 14.9 Å². The van der Waals surface area contributed by atoms with Gasteiger partial charge in [-0.2, -0.15) is 0 Å². The van der Waals surface area contributed by atoms with Gasteiger partial charge in [0.15, 0.2) is 0 Å². The molecular weight excluding hydrogens is 348 g/mol. The van der Waals surface area contributed by atoms with Crippen LogP contribution in [0.4, 0.5) is 5.69 Å². The number of carbonyl (C=O) groups is 1. The quantitative estimate of drug-likeness (QED) is 0.612. The van der Waals surface area contributed by atoms with Crippen LogP contribution < -0.4 is 4.74 Å². The fourth-order valence-corrected chi connectivity index (χ4v) is 2.87. The van der Waals surface area contributed by atoms with E-state index in [4.69, 9.17) is 16.3 Å². The second-order valence-corrected chi connectivity index (χ2v) is 6.00. The molecule has 1 fully saturated rings. The van der Waals surface area contributed by atoms with Gasteiger partial charge in [-0.15, -0.1) is 0 Å². The molecule has 0 N–H and O–H groups in total. The van der Waals surface area contributed by atoms with Crippen molar-refractivity contribution in [2.75, 3.05) is 13.1 Å². The Hall–Kier alpha value is -2.74. The van der Waals surface area contributed by atoms with E-state index in [-0.39, 0.29) is 34.3 Å². The second-order valence-electron chi connectivity index (χ2n) is 5.59. The molecule has 1 amide bonds. The highest BCUT2D eigenvalue weighted by Crippen LogP contribution is 2.26. The fraction of sp³-hybridized carbons (Fsp3) is 0.312. The van der Waals surface area contributed by atoms with E-state index in [0.29, 0.717) is 13.1 Å². The van der Waals surface area contributed by atoms with Crippen LogP contribution in [-0.4, -0.2) is 44.9 Å². The zero-order chi connectivity index (χ0) is 17.8. The lowest BCUT2D eigenvalue weighted by Gasteiger charge is -2.32. The van der Waals surface area contributed by atoms with Crippen molar-refractivity contribution < 1.29 is 14.5 Å². The Labute approximate surface area is 148 Å². The lowest BCUT2D eigenvalue weighted by molar-refractivity contribution is -0.384. The largest absolute Gasteiger partial charge is 0.458 e.